The maximum absolute atomic E-state index is 12.2. The van der Waals surface area contributed by atoms with Gasteiger partial charge in [-0.1, -0.05) is 37.3 Å². The van der Waals surface area contributed by atoms with E-state index in [0.29, 0.717) is 24.8 Å². The Labute approximate surface area is 118 Å². The first-order valence-electron chi connectivity index (χ1n) is 7.04. The number of nitrogens with zero attached hydrogens (tertiary/aromatic N) is 1. The minimum absolute atomic E-state index is 0.158. The van der Waals surface area contributed by atoms with Crippen molar-refractivity contribution in [1.82, 2.24) is 15.5 Å². The molecule has 0 radical (unpaired) electrons. The molecule has 0 saturated carbocycles. The van der Waals surface area contributed by atoms with Crippen LogP contribution in [0, 0.1) is 11.3 Å². The minimum Gasteiger partial charge on any atom is -0.314 e. The van der Waals surface area contributed by atoms with Gasteiger partial charge in [-0.3, -0.25) is 10.7 Å². The summed E-state index contributed by atoms with van der Waals surface area (Å²) in [4.78, 5) is 14.0. The topological polar surface area (TPSA) is 68.2 Å². The Bertz CT molecular complexity index is 530. The van der Waals surface area contributed by atoms with Gasteiger partial charge in [-0.15, -0.1) is 0 Å². The van der Waals surface area contributed by atoms with Gasteiger partial charge in [0.25, 0.3) is 0 Å². The second-order valence-electron chi connectivity index (χ2n) is 5.85. The molecule has 5 nitrogen and oxygen atoms in total. The van der Waals surface area contributed by atoms with Gasteiger partial charge < -0.3 is 10.2 Å². The van der Waals surface area contributed by atoms with E-state index in [4.69, 9.17) is 5.41 Å². The van der Waals surface area contributed by atoms with Crippen molar-refractivity contribution in [2.24, 2.45) is 5.92 Å². The number of hydrogen-bond acceptors (Lipinski definition) is 3. The van der Waals surface area contributed by atoms with Crippen molar-refractivity contribution in [3.8, 4) is 0 Å². The van der Waals surface area contributed by atoms with Gasteiger partial charge in [0, 0.05) is 13.1 Å². The largest absolute Gasteiger partial charge is 0.324 e. The van der Waals surface area contributed by atoms with Crippen LogP contribution in [0.1, 0.15) is 18.9 Å². The molecule has 20 heavy (non-hydrogen) atoms. The number of amidine groups is 1. The van der Waals surface area contributed by atoms with E-state index < -0.39 is 5.54 Å². The maximum atomic E-state index is 12.2. The van der Waals surface area contributed by atoms with Crippen LogP contribution in [0.4, 0.5) is 4.79 Å². The summed E-state index contributed by atoms with van der Waals surface area (Å²) in [6.07, 6.45) is 0.838. The van der Waals surface area contributed by atoms with Gasteiger partial charge in [-0.2, -0.15) is 0 Å². The van der Waals surface area contributed by atoms with E-state index in [1.54, 1.807) is 0 Å². The fourth-order valence-corrected chi connectivity index (χ4v) is 3.25. The van der Waals surface area contributed by atoms with Crippen LogP contribution in [0.15, 0.2) is 30.3 Å². The molecule has 1 spiro atoms. The van der Waals surface area contributed by atoms with E-state index in [0.717, 1.165) is 18.5 Å². The van der Waals surface area contributed by atoms with Crippen molar-refractivity contribution in [1.29, 1.82) is 5.41 Å². The van der Waals surface area contributed by atoms with Crippen molar-refractivity contribution in [3.63, 3.8) is 0 Å². The molecule has 2 amide bonds. The molecule has 2 aliphatic rings. The molecular weight excluding hydrogens is 252 g/mol. The van der Waals surface area contributed by atoms with Gasteiger partial charge in [0.15, 0.2) is 0 Å². The zero-order valence-electron chi connectivity index (χ0n) is 11.6. The number of piperidine rings is 1. The third-order valence-electron chi connectivity index (χ3n) is 4.24. The first-order valence-corrected chi connectivity index (χ1v) is 7.04. The molecule has 3 rings (SSSR count). The number of carbonyl (C=O) groups is 1. The average Bonchev–Trinajstić information content (AvgIpc) is 2.64. The first-order chi connectivity index (χ1) is 9.62. The summed E-state index contributed by atoms with van der Waals surface area (Å²) in [5, 5.41) is 14.3. The van der Waals surface area contributed by atoms with E-state index in [1.807, 2.05) is 35.2 Å². The molecular formula is C15H20N4O. The lowest BCUT2D eigenvalue weighted by molar-refractivity contribution is 0.132. The molecule has 5 heteroatoms. The summed E-state index contributed by atoms with van der Waals surface area (Å²) >= 11 is 0. The summed E-state index contributed by atoms with van der Waals surface area (Å²) in [6.45, 7) is 4.30. The second kappa shape index (κ2) is 4.90. The summed E-state index contributed by atoms with van der Waals surface area (Å²) in [5.74, 6) is 0.785. The zero-order chi connectivity index (χ0) is 14.2. The highest BCUT2D eigenvalue weighted by atomic mass is 16.2. The quantitative estimate of drug-likeness (QED) is 0.764. The van der Waals surface area contributed by atoms with E-state index >= 15 is 0 Å². The Morgan fingerprint density at radius 3 is 2.85 bits per heavy atom. The predicted octanol–water partition coefficient (Wildman–Crippen LogP) is 1.56. The highest BCUT2D eigenvalue weighted by molar-refractivity contribution is 6.08. The highest BCUT2D eigenvalue weighted by Gasteiger charge is 2.51. The number of rotatable bonds is 2. The van der Waals surface area contributed by atoms with E-state index in [1.165, 1.54) is 0 Å². The molecule has 1 aromatic carbocycles. The molecule has 1 aromatic rings. The van der Waals surface area contributed by atoms with Crippen LogP contribution in [-0.2, 0) is 6.54 Å². The molecule has 106 valence electrons. The molecule has 0 bridgehead atoms. The van der Waals surface area contributed by atoms with Crippen LogP contribution >= 0.6 is 0 Å². The van der Waals surface area contributed by atoms with Gasteiger partial charge in [-0.05, 0) is 24.4 Å². The fourth-order valence-electron chi connectivity index (χ4n) is 3.25. The lowest BCUT2D eigenvalue weighted by atomic mass is 9.83. The molecule has 2 heterocycles. The molecule has 2 unspecified atom stereocenters. The average molecular weight is 272 g/mol. The Hall–Kier alpha value is -1.88. The second-order valence-corrected chi connectivity index (χ2v) is 5.85. The summed E-state index contributed by atoms with van der Waals surface area (Å²) < 4.78 is 0. The summed E-state index contributed by atoms with van der Waals surface area (Å²) in [6, 6.07) is 9.79. The van der Waals surface area contributed by atoms with Gasteiger partial charge in [0.1, 0.15) is 11.4 Å². The first kappa shape index (κ1) is 13.1. The number of hydrogen-bond donors (Lipinski definition) is 3. The maximum Gasteiger partial charge on any atom is 0.324 e. The third kappa shape index (κ3) is 2.08. The molecule has 2 aliphatic heterocycles. The number of nitrogens with one attached hydrogen (secondary N) is 3. The number of amides is 2. The Morgan fingerprint density at radius 1 is 1.40 bits per heavy atom. The van der Waals surface area contributed by atoms with E-state index in [-0.39, 0.29) is 6.03 Å². The lowest BCUT2D eigenvalue weighted by Gasteiger charge is -2.42. The smallest absolute Gasteiger partial charge is 0.314 e. The number of urea groups is 1. The Morgan fingerprint density at radius 2 is 2.15 bits per heavy atom. The van der Waals surface area contributed by atoms with Gasteiger partial charge >= 0.3 is 6.03 Å². The lowest BCUT2D eigenvalue weighted by Crippen LogP contribution is -2.60. The third-order valence-corrected chi connectivity index (χ3v) is 4.24. The Balaban J connectivity index is 1.90. The normalized spacial score (nSPS) is 29.9. The van der Waals surface area contributed by atoms with Crippen molar-refractivity contribution in [3.05, 3.63) is 35.9 Å². The van der Waals surface area contributed by atoms with Crippen LogP contribution in [-0.4, -0.2) is 35.4 Å². The van der Waals surface area contributed by atoms with E-state index in [9.17, 15) is 4.79 Å². The van der Waals surface area contributed by atoms with Crippen LogP contribution in [0.2, 0.25) is 0 Å². The van der Waals surface area contributed by atoms with Gasteiger partial charge in [0.05, 0.1) is 0 Å². The monoisotopic (exact) mass is 272 g/mol. The molecule has 0 aliphatic carbocycles. The number of carbonyl (C=O) groups excluding carboxylic acids is 1. The molecule has 2 atom stereocenters. The van der Waals surface area contributed by atoms with E-state index in [2.05, 4.69) is 17.6 Å². The standard InChI is InChI=1S/C15H20N4O/c1-11-7-15(10-17-8-11)13(16)18-14(20)19(15)9-12-5-3-2-4-6-12/h2-6,11,17H,7-10H2,1H3,(H2,16,18,20). The van der Waals surface area contributed by atoms with Crippen LogP contribution in [0.25, 0.3) is 0 Å². The highest BCUT2D eigenvalue weighted by Crippen LogP contribution is 2.32. The van der Waals surface area contributed by atoms with Gasteiger partial charge in [0.2, 0.25) is 0 Å². The van der Waals surface area contributed by atoms with Crippen LogP contribution in [0.5, 0.6) is 0 Å². The predicted molar refractivity (Wildman–Crippen MR) is 77.6 cm³/mol. The Kier molecular flexibility index (Phi) is 3.22. The summed E-state index contributed by atoms with van der Waals surface area (Å²) in [7, 11) is 0. The zero-order valence-corrected chi connectivity index (χ0v) is 11.6. The molecule has 2 saturated heterocycles. The molecule has 2 fully saturated rings. The van der Waals surface area contributed by atoms with Crippen LogP contribution in [0.3, 0.4) is 0 Å². The molecule has 0 aromatic heterocycles. The number of benzene rings is 1. The van der Waals surface area contributed by atoms with Crippen molar-refractivity contribution in [2.45, 2.75) is 25.4 Å². The summed E-state index contributed by atoms with van der Waals surface area (Å²) in [5.41, 5.74) is 0.583. The van der Waals surface area contributed by atoms with Crippen LogP contribution < -0.4 is 10.6 Å². The molecule has 3 N–H and O–H groups in total. The van der Waals surface area contributed by atoms with Crippen molar-refractivity contribution < 1.29 is 4.79 Å². The fraction of sp³-hybridized carbons (Fsp3) is 0.467. The minimum atomic E-state index is -0.509. The van der Waals surface area contributed by atoms with Gasteiger partial charge in [-0.25, -0.2) is 4.79 Å². The SMILES string of the molecule is CC1CNCC2(C1)C(=N)NC(=O)N2Cc1ccccc1. The van der Waals surface area contributed by atoms with Crippen molar-refractivity contribution in [2.75, 3.05) is 13.1 Å². The van der Waals surface area contributed by atoms with Crippen molar-refractivity contribution >= 4 is 11.9 Å².